The van der Waals surface area contributed by atoms with Crippen LogP contribution in [-0.2, 0) is 14.4 Å². The minimum Gasteiger partial charge on any atom is -0.481 e. The monoisotopic (exact) mass is 271 g/mol. The van der Waals surface area contributed by atoms with Gasteiger partial charge in [0.2, 0.25) is 0 Å². The van der Waals surface area contributed by atoms with Gasteiger partial charge in [0.1, 0.15) is 12.1 Å². The molecule has 1 aliphatic rings. The molecule has 0 amide bonds. The van der Waals surface area contributed by atoms with Gasteiger partial charge in [-0.3, -0.25) is 4.79 Å². The fourth-order valence-electron chi connectivity index (χ4n) is 3.30. The number of carboxylic acid groups (broad SMARTS) is 1. The second-order valence-corrected chi connectivity index (χ2v) is 5.68. The lowest BCUT2D eigenvalue weighted by Crippen LogP contribution is -2.39. The summed E-state index contributed by atoms with van der Waals surface area (Å²) >= 11 is 0. The largest absolute Gasteiger partial charge is 0.481 e. The van der Waals surface area contributed by atoms with Crippen LogP contribution >= 0.6 is 0 Å². The van der Waals surface area contributed by atoms with Gasteiger partial charge in [-0.25, -0.2) is 0 Å². The normalized spacial score (nSPS) is 35.6. The molecule has 0 heterocycles. The quantitative estimate of drug-likeness (QED) is 0.754. The van der Waals surface area contributed by atoms with Crippen LogP contribution in [0.4, 0.5) is 0 Å². The first-order valence-corrected chi connectivity index (χ1v) is 6.81. The van der Waals surface area contributed by atoms with Crippen LogP contribution in [0.3, 0.4) is 0 Å². The van der Waals surface area contributed by atoms with E-state index >= 15 is 0 Å². The molecule has 108 valence electrons. The summed E-state index contributed by atoms with van der Waals surface area (Å²) in [5, 5.41) is 9.18. The second kappa shape index (κ2) is 6.83. The van der Waals surface area contributed by atoms with Crippen molar-refractivity contribution >= 4 is 18.0 Å². The maximum Gasteiger partial charge on any atom is 0.306 e. The molecule has 19 heavy (non-hydrogen) atoms. The molecule has 0 radical (unpaired) electrons. The molecule has 0 spiro atoms. The predicted octanol–water partition coefficient (Wildman–Crippen LogP) is 2.55. The zero-order valence-corrected chi connectivity index (χ0v) is 11.5. The van der Waals surface area contributed by atoms with E-state index in [1.54, 1.807) is 6.92 Å². The third-order valence-corrected chi connectivity index (χ3v) is 4.57. The van der Waals surface area contributed by atoms with E-state index in [1.807, 2.05) is 6.92 Å². The molecular formula is C15H24O4. The minimum absolute atomic E-state index is 0.0932. The van der Waals surface area contributed by atoms with Crippen LogP contribution in [0.1, 0.15) is 50.5 Å². The molecule has 4 heteroatoms. The van der Waals surface area contributed by atoms with Crippen LogP contribution in [0.15, 0.2) is 0 Å². The van der Waals surface area contributed by atoms with Gasteiger partial charge in [0.05, 0.1) is 5.92 Å². The molecule has 5 atom stereocenters. The second-order valence-electron chi connectivity index (χ2n) is 5.68. The van der Waals surface area contributed by atoms with E-state index in [0.717, 1.165) is 12.7 Å². The molecular weight excluding hydrogens is 244 g/mol. The molecule has 1 rings (SSSR count). The lowest BCUT2D eigenvalue weighted by atomic mass is 9.63. The molecule has 0 aromatic carbocycles. The Kier molecular flexibility index (Phi) is 4.18. The van der Waals surface area contributed by atoms with Gasteiger partial charge in [-0.15, -0.1) is 0 Å². The van der Waals surface area contributed by atoms with Gasteiger partial charge in [0.25, 0.3) is 0 Å². The number of hydrogen-bond donors (Lipinski definition) is 1. The van der Waals surface area contributed by atoms with E-state index < -0.39 is 30.4 Å². The number of carbonyl (C=O) groups is 3. The Morgan fingerprint density at radius 3 is 2.68 bits per heavy atom. The number of ketones is 1. The van der Waals surface area contributed by atoms with E-state index in [1.165, 1.54) is 0 Å². The zero-order chi connectivity index (χ0) is 17.1. The first-order chi connectivity index (χ1) is 10.1. The van der Waals surface area contributed by atoms with Crippen molar-refractivity contribution in [2.45, 2.75) is 46.4 Å². The van der Waals surface area contributed by atoms with Crippen molar-refractivity contribution in [2.24, 2.45) is 29.6 Å². The predicted molar refractivity (Wildman–Crippen MR) is 71.6 cm³/mol. The Labute approximate surface area is 118 Å². The van der Waals surface area contributed by atoms with Gasteiger partial charge >= 0.3 is 5.97 Å². The Morgan fingerprint density at radius 1 is 1.47 bits per heavy atom. The molecule has 4 nitrogen and oxygen atoms in total. The lowest BCUT2D eigenvalue weighted by Gasteiger charge is -2.41. The molecule has 0 aromatic rings. The number of carbonyl (C=O) groups excluding carboxylic acids is 2. The standard InChI is InChI=1S/C15H24O4/c1-9-4-6-13(11(3)15(18)19)14(8-16)12(9)7-5-10(2)17/h8-9,11-14H,4-7H2,1-3H3,(H,18,19)/t9-,11?,12?,13?,14?/m1/s1/i2D3. The summed E-state index contributed by atoms with van der Waals surface area (Å²) in [7, 11) is 0. The third kappa shape index (κ3) is 3.88. The summed E-state index contributed by atoms with van der Waals surface area (Å²) in [5.74, 6) is -2.98. The lowest BCUT2D eigenvalue weighted by molar-refractivity contribution is -0.145. The van der Waals surface area contributed by atoms with Gasteiger partial charge in [-0.05, 0) is 37.4 Å². The highest BCUT2D eigenvalue weighted by Gasteiger charge is 2.41. The molecule has 1 N–H and O–H groups in total. The van der Waals surface area contributed by atoms with Crippen LogP contribution in [0.2, 0.25) is 0 Å². The summed E-state index contributed by atoms with van der Waals surface area (Å²) in [6, 6.07) is 0. The first-order valence-electron chi connectivity index (χ1n) is 8.31. The fourth-order valence-corrected chi connectivity index (χ4v) is 3.30. The van der Waals surface area contributed by atoms with Crippen molar-refractivity contribution < 1.29 is 23.6 Å². The molecule has 0 aromatic heterocycles. The van der Waals surface area contributed by atoms with Crippen LogP contribution in [-0.4, -0.2) is 23.1 Å². The van der Waals surface area contributed by atoms with Crippen molar-refractivity contribution in [3.63, 3.8) is 0 Å². The van der Waals surface area contributed by atoms with E-state index in [9.17, 15) is 19.5 Å². The van der Waals surface area contributed by atoms with Gasteiger partial charge < -0.3 is 14.7 Å². The average molecular weight is 271 g/mol. The van der Waals surface area contributed by atoms with E-state index in [0.29, 0.717) is 12.8 Å². The van der Waals surface area contributed by atoms with Gasteiger partial charge in [-0.2, -0.15) is 0 Å². The zero-order valence-electron chi connectivity index (χ0n) is 14.5. The smallest absolute Gasteiger partial charge is 0.306 e. The number of aldehydes is 1. The SMILES string of the molecule is [2H]C([2H])([2H])C(=O)CCC1C(C=O)C(C(C)C(=O)O)CC[C@H]1C. The number of rotatable bonds is 6. The van der Waals surface area contributed by atoms with Crippen molar-refractivity contribution in [3.05, 3.63) is 0 Å². The van der Waals surface area contributed by atoms with Crippen LogP contribution in [0.5, 0.6) is 0 Å². The molecule has 1 aliphatic carbocycles. The van der Waals surface area contributed by atoms with Gasteiger partial charge in [-0.1, -0.05) is 20.3 Å². The third-order valence-electron chi connectivity index (χ3n) is 4.57. The van der Waals surface area contributed by atoms with Gasteiger partial charge in [0, 0.05) is 16.5 Å². The van der Waals surface area contributed by atoms with Crippen LogP contribution < -0.4 is 0 Å². The van der Waals surface area contributed by atoms with Crippen molar-refractivity contribution in [2.75, 3.05) is 0 Å². The highest BCUT2D eigenvalue weighted by Crippen LogP contribution is 2.43. The number of carboxylic acids is 1. The maximum atomic E-state index is 11.6. The highest BCUT2D eigenvalue weighted by molar-refractivity contribution is 5.75. The fraction of sp³-hybridized carbons (Fsp3) is 0.800. The highest BCUT2D eigenvalue weighted by atomic mass is 16.4. The average Bonchev–Trinajstić information content (AvgIpc) is 2.43. The van der Waals surface area contributed by atoms with Gasteiger partial charge in [0.15, 0.2) is 0 Å². The summed E-state index contributed by atoms with van der Waals surface area (Å²) in [4.78, 5) is 34.3. The van der Waals surface area contributed by atoms with Crippen molar-refractivity contribution in [1.29, 1.82) is 0 Å². The molecule has 1 saturated carbocycles. The molecule has 4 unspecified atom stereocenters. The number of aliphatic carboxylic acids is 1. The molecule has 0 bridgehead atoms. The minimum atomic E-state index is -2.61. The van der Waals surface area contributed by atoms with Crippen molar-refractivity contribution in [1.82, 2.24) is 0 Å². The topological polar surface area (TPSA) is 71.4 Å². The summed E-state index contributed by atoms with van der Waals surface area (Å²) in [6.45, 7) is 0.967. The Hall–Kier alpha value is -1.19. The maximum absolute atomic E-state index is 11.6. The molecule has 1 fully saturated rings. The van der Waals surface area contributed by atoms with Crippen LogP contribution in [0, 0.1) is 29.6 Å². The Morgan fingerprint density at radius 2 is 2.16 bits per heavy atom. The summed E-state index contributed by atoms with van der Waals surface area (Å²) in [5.41, 5.74) is 0. The summed E-state index contributed by atoms with van der Waals surface area (Å²) < 4.78 is 21.3. The summed E-state index contributed by atoms with van der Waals surface area (Å²) in [6.07, 6.45) is 2.49. The van der Waals surface area contributed by atoms with Crippen molar-refractivity contribution in [3.8, 4) is 0 Å². The Bertz CT molecular complexity index is 433. The van der Waals surface area contributed by atoms with Crippen LogP contribution in [0.25, 0.3) is 0 Å². The van der Waals surface area contributed by atoms with E-state index in [4.69, 9.17) is 4.11 Å². The van der Waals surface area contributed by atoms with E-state index in [-0.39, 0.29) is 24.2 Å². The first kappa shape index (κ1) is 11.6. The molecule has 0 saturated heterocycles. The number of Topliss-reactive ketones (excluding diaryl/α,β-unsaturated/α-hetero) is 1. The molecule has 0 aliphatic heterocycles. The van der Waals surface area contributed by atoms with E-state index in [2.05, 4.69) is 0 Å². The number of hydrogen-bond acceptors (Lipinski definition) is 3. The Balaban J connectivity index is 2.83.